The summed E-state index contributed by atoms with van der Waals surface area (Å²) in [5.41, 5.74) is 0. The number of rotatable bonds is 4. The molecular formula is C7H18OS. The Labute approximate surface area is 62.9 Å². The van der Waals surface area contributed by atoms with Gasteiger partial charge in [0.2, 0.25) is 0 Å². The summed E-state index contributed by atoms with van der Waals surface area (Å²) < 4.78 is 0. The fourth-order valence-electron chi connectivity index (χ4n) is 0.311. The highest BCUT2D eigenvalue weighted by molar-refractivity contribution is 7.99. The fraction of sp³-hybridized carbons (Fsp3) is 1.00. The second kappa shape index (κ2) is 15.7. The van der Waals surface area contributed by atoms with Crippen LogP contribution in [-0.4, -0.2) is 23.2 Å². The van der Waals surface area contributed by atoms with Gasteiger partial charge in [0, 0.05) is 6.61 Å². The Morgan fingerprint density at radius 2 is 1.89 bits per heavy atom. The first-order valence-electron chi connectivity index (χ1n) is 3.60. The fourth-order valence-corrected chi connectivity index (χ4v) is 0.933. The summed E-state index contributed by atoms with van der Waals surface area (Å²) in [5, 5.41) is 8.28. The normalized spacial score (nSPS) is 8.00. The van der Waals surface area contributed by atoms with E-state index in [1.54, 1.807) is 0 Å². The Morgan fingerprint density at radius 1 is 1.33 bits per heavy atom. The van der Waals surface area contributed by atoms with Crippen molar-refractivity contribution in [2.75, 3.05) is 18.1 Å². The summed E-state index contributed by atoms with van der Waals surface area (Å²) in [6.45, 7) is 6.47. The van der Waals surface area contributed by atoms with Gasteiger partial charge in [-0.3, -0.25) is 0 Å². The summed E-state index contributed by atoms with van der Waals surface area (Å²) in [5.74, 6) is 2.27. The van der Waals surface area contributed by atoms with Crippen molar-refractivity contribution in [3.8, 4) is 0 Å². The van der Waals surface area contributed by atoms with Gasteiger partial charge < -0.3 is 5.11 Å². The zero-order valence-corrected chi connectivity index (χ0v) is 7.50. The molecule has 9 heavy (non-hydrogen) atoms. The number of hydrogen-bond acceptors (Lipinski definition) is 2. The monoisotopic (exact) mass is 150 g/mol. The molecule has 2 heteroatoms. The van der Waals surface area contributed by atoms with Gasteiger partial charge in [-0.15, -0.1) is 0 Å². The molecule has 0 aromatic rings. The van der Waals surface area contributed by atoms with Crippen LogP contribution in [0.2, 0.25) is 0 Å². The highest BCUT2D eigenvalue weighted by Gasteiger charge is 1.80. The lowest BCUT2D eigenvalue weighted by Gasteiger charge is -1.90. The molecule has 0 spiro atoms. The van der Waals surface area contributed by atoms with Crippen molar-refractivity contribution in [1.82, 2.24) is 0 Å². The van der Waals surface area contributed by atoms with Crippen LogP contribution in [0.15, 0.2) is 0 Å². The molecule has 0 aliphatic carbocycles. The van der Waals surface area contributed by atoms with Crippen molar-refractivity contribution >= 4 is 11.8 Å². The van der Waals surface area contributed by atoms with E-state index in [-0.39, 0.29) is 0 Å². The maximum absolute atomic E-state index is 8.28. The predicted octanol–water partition coefficient (Wildman–Crippen LogP) is 2.15. The Kier molecular flexibility index (Phi) is 21.1. The SMILES string of the molecule is CC.CCSCCCO. The number of hydrogen-bond donors (Lipinski definition) is 1. The maximum atomic E-state index is 8.28. The minimum Gasteiger partial charge on any atom is -0.396 e. The van der Waals surface area contributed by atoms with Crippen LogP contribution in [0.5, 0.6) is 0 Å². The Bertz CT molecular complexity index is 28.1. The van der Waals surface area contributed by atoms with Crippen LogP contribution in [0.4, 0.5) is 0 Å². The molecular weight excluding hydrogens is 132 g/mol. The zero-order chi connectivity index (χ0) is 7.54. The molecule has 0 rings (SSSR count). The van der Waals surface area contributed by atoms with Gasteiger partial charge in [0.25, 0.3) is 0 Å². The first-order valence-corrected chi connectivity index (χ1v) is 4.76. The second-order valence-electron chi connectivity index (χ2n) is 1.27. The standard InChI is InChI=1S/C5H12OS.C2H6/c1-2-7-5-3-4-6;1-2/h6H,2-5H2,1H3;1-2H3. The van der Waals surface area contributed by atoms with E-state index in [2.05, 4.69) is 6.92 Å². The Morgan fingerprint density at radius 3 is 2.22 bits per heavy atom. The van der Waals surface area contributed by atoms with E-state index in [0.717, 1.165) is 12.2 Å². The van der Waals surface area contributed by atoms with Crippen molar-refractivity contribution in [2.24, 2.45) is 0 Å². The van der Waals surface area contributed by atoms with Gasteiger partial charge in [-0.25, -0.2) is 0 Å². The van der Waals surface area contributed by atoms with Crippen LogP contribution < -0.4 is 0 Å². The second-order valence-corrected chi connectivity index (χ2v) is 2.67. The molecule has 0 aliphatic rings. The lowest BCUT2D eigenvalue weighted by atomic mass is 10.5. The summed E-state index contributed by atoms with van der Waals surface area (Å²) >= 11 is 1.87. The van der Waals surface area contributed by atoms with E-state index in [1.165, 1.54) is 5.75 Å². The molecule has 0 radical (unpaired) electrons. The minimum atomic E-state index is 0.340. The average Bonchev–Trinajstić information content (AvgIpc) is 1.94. The lowest BCUT2D eigenvalue weighted by Crippen LogP contribution is -1.84. The molecule has 0 atom stereocenters. The van der Waals surface area contributed by atoms with Crippen molar-refractivity contribution < 1.29 is 5.11 Å². The third-order valence-electron chi connectivity index (χ3n) is 0.651. The van der Waals surface area contributed by atoms with Gasteiger partial charge in [0.05, 0.1) is 0 Å². The first-order chi connectivity index (χ1) is 4.41. The van der Waals surface area contributed by atoms with Crippen LogP contribution in [-0.2, 0) is 0 Å². The zero-order valence-electron chi connectivity index (χ0n) is 6.68. The van der Waals surface area contributed by atoms with Gasteiger partial charge in [-0.05, 0) is 17.9 Å². The highest BCUT2D eigenvalue weighted by Crippen LogP contribution is 1.98. The Balaban J connectivity index is 0. The number of aliphatic hydroxyl groups excluding tert-OH is 1. The molecule has 0 unspecified atom stereocenters. The molecule has 0 aromatic carbocycles. The minimum absolute atomic E-state index is 0.340. The van der Waals surface area contributed by atoms with Gasteiger partial charge >= 0.3 is 0 Å². The van der Waals surface area contributed by atoms with E-state index >= 15 is 0 Å². The van der Waals surface area contributed by atoms with E-state index in [0.29, 0.717) is 6.61 Å². The largest absolute Gasteiger partial charge is 0.396 e. The summed E-state index contributed by atoms with van der Waals surface area (Å²) in [6.07, 6.45) is 0.943. The topological polar surface area (TPSA) is 20.2 Å². The summed E-state index contributed by atoms with van der Waals surface area (Å²) in [4.78, 5) is 0. The molecule has 1 N–H and O–H groups in total. The number of thioether (sulfide) groups is 1. The summed E-state index contributed by atoms with van der Waals surface area (Å²) in [7, 11) is 0. The third kappa shape index (κ3) is 17.8. The van der Waals surface area contributed by atoms with Crippen LogP contribution in [0, 0.1) is 0 Å². The smallest absolute Gasteiger partial charge is 0.0438 e. The van der Waals surface area contributed by atoms with Gasteiger partial charge in [0.1, 0.15) is 0 Å². The van der Waals surface area contributed by atoms with Crippen LogP contribution >= 0.6 is 11.8 Å². The molecule has 0 aliphatic heterocycles. The quantitative estimate of drug-likeness (QED) is 0.620. The van der Waals surface area contributed by atoms with Gasteiger partial charge in [-0.2, -0.15) is 11.8 Å². The molecule has 1 nitrogen and oxygen atoms in total. The van der Waals surface area contributed by atoms with Crippen molar-refractivity contribution in [2.45, 2.75) is 27.2 Å². The van der Waals surface area contributed by atoms with E-state index in [9.17, 15) is 0 Å². The van der Waals surface area contributed by atoms with Gasteiger partial charge in [0.15, 0.2) is 0 Å². The maximum Gasteiger partial charge on any atom is 0.0438 e. The molecule has 0 fully saturated rings. The van der Waals surface area contributed by atoms with E-state index < -0.39 is 0 Å². The molecule has 0 bridgehead atoms. The molecule has 0 saturated carbocycles. The lowest BCUT2D eigenvalue weighted by molar-refractivity contribution is 0.296. The average molecular weight is 150 g/mol. The van der Waals surface area contributed by atoms with E-state index in [4.69, 9.17) is 5.11 Å². The third-order valence-corrected chi connectivity index (χ3v) is 1.64. The Hall–Kier alpha value is 0.310. The van der Waals surface area contributed by atoms with Gasteiger partial charge in [-0.1, -0.05) is 20.8 Å². The first kappa shape index (κ1) is 12.0. The molecule has 58 valence electrons. The van der Waals surface area contributed by atoms with E-state index in [1.807, 2.05) is 25.6 Å². The highest BCUT2D eigenvalue weighted by atomic mass is 32.2. The molecule has 0 aromatic heterocycles. The predicted molar refractivity (Wildman–Crippen MR) is 46.0 cm³/mol. The van der Waals surface area contributed by atoms with Crippen molar-refractivity contribution in [3.63, 3.8) is 0 Å². The molecule has 0 saturated heterocycles. The van der Waals surface area contributed by atoms with Crippen molar-refractivity contribution in [1.29, 1.82) is 0 Å². The molecule has 0 amide bonds. The summed E-state index contributed by atoms with van der Waals surface area (Å²) in [6, 6.07) is 0. The van der Waals surface area contributed by atoms with Crippen LogP contribution in [0.3, 0.4) is 0 Å². The van der Waals surface area contributed by atoms with Crippen molar-refractivity contribution in [3.05, 3.63) is 0 Å². The van der Waals surface area contributed by atoms with Crippen LogP contribution in [0.25, 0.3) is 0 Å². The molecule has 0 heterocycles. The number of aliphatic hydroxyl groups is 1. The van der Waals surface area contributed by atoms with Crippen LogP contribution in [0.1, 0.15) is 27.2 Å².